The molecule has 0 radical (unpaired) electrons. The fraction of sp³-hybridized carbons (Fsp3) is 0.412. The van der Waals surface area contributed by atoms with E-state index in [9.17, 15) is 8.42 Å². The van der Waals surface area contributed by atoms with Gasteiger partial charge in [0.25, 0.3) is 0 Å². The summed E-state index contributed by atoms with van der Waals surface area (Å²) in [6.07, 6.45) is 2.50. The predicted octanol–water partition coefficient (Wildman–Crippen LogP) is 1.58. The highest BCUT2D eigenvalue weighted by molar-refractivity contribution is 7.88. The quantitative estimate of drug-likeness (QED) is 0.842. The Morgan fingerprint density at radius 2 is 1.83 bits per heavy atom. The molecule has 0 N–H and O–H groups in total. The molecule has 1 aromatic heterocycles. The largest absolute Gasteiger partial charge is 0.353 e. The Hall–Kier alpha value is -1.99. The van der Waals surface area contributed by atoms with Crippen molar-refractivity contribution in [3.05, 3.63) is 54.0 Å². The lowest BCUT2D eigenvalue weighted by atomic mass is 9.91. The molecular formula is C17H20N4O2S. The zero-order valence-corrected chi connectivity index (χ0v) is 14.4. The Morgan fingerprint density at radius 3 is 2.50 bits per heavy atom. The van der Waals surface area contributed by atoms with Crippen molar-refractivity contribution >= 4 is 15.8 Å². The Morgan fingerprint density at radius 1 is 1.12 bits per heavy atom. The van der Waals surface area contributed by atoms with Crippen LogP contribution >= 0.6 is 0 Å². The number of aromatic nitrogens is 2. The van der Waals surface area contributed by atoms with Gasteiger partial charge in [0.2, 0.25) is 10.0 Å². The number of sulfonamides is 1. The van der Waals surface area contributed by atoms with E-state index in [-0.39, 0.29) is 17.8 Å². The minimum absolute atomic E-state index is 0.0488. The summed E-state index contributed by atoms with van der Waals surface area (Å²) >= 11 is 0. The van der Waals surface area contributed by atoms with Crippen LogP contribution in [0.1, 0.15) is 17.7 Å². The highest BCUT2D eigenvalue weighted by Gasteiger charge is 2.50. The first-order chi connectivity index (χ1) is 11.5. The molecule has 0 saturated carbocycles. The number of hydrogen-bond acceptors (Lipinski definition) is 5. The topological polar surface area (TPSA) is 66.4 Å². The number of piperidine rings is 1. The van der Waals surface area contributed by atoms with Crippen LogP contribution < -0.4 is 4.90 Å². The second-order valence-electron chi connectivity index (χ2n) is 6.54. The zero-order valence-electron chi connectivity index (χ0n) is 13.5. The summed E-state index contributed by atoms with van der Waals surface area (Å²) in [7, 11) is -3.28. The van der Waals surface area contributed by atoms with Crippen molar-refractivity contribution in [3.8, 4) is 0 Å². The van der Waals surface area contributed by atoms with E-state index in [0.29, 0.717) is 13.1 Å². The van der Waals surface area contributed by atoms with Gasteiger partial charge in [0.15, 0.2) is 0 Å². The van der Waals surface area contributed by atoms with Gasteiger partial charge in [-0.15, -0.1) is 0 Å². The monoisotopic (exact) mass is 344 g/mol. The molecule has 3 fully saturated rings. The lowest BCUT2D eigenvalue weighted by molar-refractivity contribution is 0.0872. The molecule has 2 atom stereocenters. The molecule has 5 rings (SSSR count). The average Bonchev–Trinajstić information content (AvgIpc) is 2.55. The summed E-state index contributed by atoms with van der Waals surface area (Å²) in [5, 5.41) is 0. The fourth-order valence-electron chi connectivity index (χ4n) is 3.69. The van der Waals surface area contributed by atoms with E-state index >= 15 is 0 Å². The van der Waals surface area contributed by atoms with Crippen LogP contribution in [-0.4, -0.2) is 47.9 Å². The average molecular weight is 344 g/mol. The van der Waals surface area contributed by atoms with E-state index in [0.717, 1.165) is 23.5 Å². The van der Waals surface area contributed by atoms with Crippen LogP contribution in [0, 0.1) is 6.92 Å². The van der Waals surface area contributed by atoms with Gasteiger partial charge in [0, 0.05) is 36.9 Å². The number of hydrogen-bond donors (Lipinski definition) is 0. The van der Waals surface area contributed by atoms with Gasteiger partial charge in [-0.3, -0.25) is 0 Å². The lowest BCUT2D eigenvalue weighted by Crippen LogP contribution is -2.70. The van der Waals surface area contributed by atoms with Gasteiger partial charge in [-0.05, 0) is 18.9 Å². The first-order valence-corrected chi connectivity index (χ1v) is 9.72. The molecule has 6 nitrogen and oxygen atoms in total. The van der Waals surface area contributed by atoms with E-state index in [1.807, 2.05) is 43.3 Å². The second kappa shape index (κ2) is 5.82. The first kappa shape index (κ1) is 15.5. The number of piperazine rings is 1. The van der Waals surface area contributed by atoms with Gasteiger partial charge in [-0.25, -0.2) is 18.4 Å². The van der Waals surface area contributed by atoms with Crippen molar-refractivity contribution in [2.75, 3.05) is 18.0 Å². The summed E-state index contributed by atoms with van der Waals surface area (Å²) in [5.41, 5.74) is 1.76. The molecule has 1 aromatic carbocycles. The summed E-state index contributed by atoms with van der Waals surface area (Å²) in [6, 6.07) is 11.4. The third-order valence-electron chi connectivity index (χ3n) is 4.75. The third-order valence-corrected chi connectivity index (χ3v) is 6.69. The van der Waals surface area contributed by atoms with E-state index in [4.69, 9.17) is 0 Å². The minimum Gasteiger partial charge on any atom is -0.353 e. The number of fused-ring (bicyclic) bond motifs is 2. The Kier molecular flexibility index (Phi) is 3.77. The molecule has 2 aromatic rings. The number of anilines is 1. The van der Waals surface area contributed by atoms with Gasteiger partial charge in [0.05, 0.1) is 5.75 Å². The summed E-state index contributed by atoms with van der Waals surface area (Å²) < 4.78 is 27.3. The molecule has 2 unspecified atom stereocenters. The van der Waals surface area contributed by atoms with E-state index in [1.165, 1.54) is 0 Å². The summed E-state index contributed by atoms with van der Waals surface area (Å²) in [6.45, 7) is 3.33. The van der Waals surface area contributed by atoms with Crippen molar-refractivity contribution in [1.82, 2.24) is 14.3 Å². The first-order valence-electron chi connectivity index (χ1n) is 8.12. The maximum absolute atomic E-state index is 12.8. The highest BCUT2D eigenvalue weighted by Crippen LogP contribution is 2.37. The van der Waals surface area contributed by atoms with Crippen molar-refractivity contribution in [1.29, 1.82) is 0 Å². The standard InChI is InChI=1S/C17H20N4O2S/c1-13-7-17(19-12-18-13)20-9-15-8-16(10-20)21(15)24(22,23)11-14-5-3-2-4-6-14/h2-7,12,15-16H,8-11H2,1H3. The maximum Gasteiger partial charge on any atom is 0.218 e. The number of benzene rings is 1. The smallest absolute Gasteiger partial charge is 0.218 e. The maximum atomic E-state index is 12.8. The highest BCUT2D eigenvalue weighted by atomic mass is 32.2. The Bertz CT molecular complexity index is 829. The van der Waals surface area contributed by atoms with Crippen LogP contribution in [0.15, 0.2) is 42.7 Å². The molecule has 3 saturated heterocycles. The van der Waals surface area contributed by atoms with Crippen molar-refractivity contribution < 1.29 is 8.42 Å². The molecule has 0 amide bonds. The molecule has 126 valence electrons. The van der Waals surface area contributed by atoms with Gasteiger partial charge >= 0.3 is 0 Å². The van der Waals surface area contributed by atoms with Crippen LogP contribution in [-0.2, 0) is 15.8 Å². The molecule has 0 aliphatic carbocycles. The second-order valence-corrected chi connectivity index (χ2v) is 8.41. The molecule has 2 bridgehead atoms. The number of rotatable bonds is 4. The molecular weight excluding hydrogens is 324 g/mol. The van der Waals surface area contributed by atoms with Crippen molar-refractivity contribution in [2.24, 2.45) is 0 Å². The minimum atomic E-state index is -3.28. The SMILES string of the molecule is Cc1cc(N2CC3CC(C2)N3S(=O)(=O)Cc2ccccc2)ncn1. The van der Waals surface area contributed by atoms with Gasteiger partial charge in [-0.1, -0.05) is 30.3 Å². The summed E-state index contributed by atoms with van der Waals surface area (Å²) in [4.78, 5) is 10.6. The molecule has 0 spiro atoms. The summed E-state index contributed by atoms with van der Waals surface area (Å²) in [5.74, 6) is 0.963. The Balaban J connectivity index is 1.49. The normalized spacial score (nSPS) is 23.8. The van der Waals surface area contributed by atoms with E-state index in [2.05, 4.69) is 14.9 Å². The fourth-order valence-corrected chi connectivity index (χ4v) is 5.67. The lowest BCUT2D eigenvalue weighted by Gasteiger charge is -2.55. The van der Waals surface area contributed by atoms with Crippen LogP contribution in [0.3, 0.4) is 0 Å². The molecule has 7 heteroatoms. The van der Waals surface area contributed by atoms with Crippen LogP contribution in [0.5, 0.6) is 0 Å². The number of nitrogens with zero attached hydrogens (tertiary/aromatic N) is 4. The van der Waals surface area contributed by atoms with Crippen LogP contribution in [0.25, 0.3) is 0 Å². The van der Waals surface area contributed by atoms with Gasteiger partial charge < -0.3 is 4.90 Å². The number of aryl methyl sites for hydroxylation is 1. The van der Waals surface area contributed by atoms with Crippen LogP contribution in [0.4, 0.5) is 5.82 Å². The Labute approximate surface area is 142 Å². The van der Waals surface area contributed by atoms with Crippen LogP contribution in [0.2, 0.25) is 0 Å². The van der Waals surface area contributed by atoms with E-state index < -0.39 is 10.0 Å². The van der Waals surface area contributed by atoms with Crippen molar-refractivity contribution in [3.63, 3.8) is 0 Å². The molecule has 24 heavy (non-hydrogen) atoms. The third kappa shape index (κ3) is 2.78. The zero-order chi connectivity index (χ0) is 16.7. The van der Waals surface area contributed by atoms with Crippen molar-refractivity contribution in [2.45, 2.75) is 31.2 Å². The molecule has 4 heterocycles. The predicted molar refractivity (Wildman–Crippen MR) is 92.1 cm³/mol. The molecule has 3 aliphatic heterocycles. The van der Waals surface area contributed by atoms with Gasteiger partial charge in [-0.2, -0.15) is 4.31 Å². The van der Waals surface area contributed by atoms with Gasteiger partial charge in [0.1, 0.15) is 12.1 Å². The molecule has 3 aliphatic rings. The van der Waals surface area contributed by atoms with E-state index in [1.54, 1.807) is 10.6 Å².